The Hall–Kier alpha value is -1.88. The molecule has 0 aliphatic heterocycles. The Bertz CT molecular complexity index is 573. The Kier molecular flexibility index (Phi) is 3.62. The molecule has 0 radical (unpaired) electrons. The highest BCUT2D eigenvalue weighted by atomic mass is 32.1. The number of oxime groups is 1. The monoisotopic (exact) mass is 262 g/mol. The predicted octanol–water partition coefficient (Wildman–Crippen LogP) is 3.19. The molecule has 1 aromatic heterocycles. The van der Waals surface area contributed by atoms with Crippen LogP contribution in [0, 0.1) is 6.92 Å². The van der Waals surface area contributed by atoms with Crippen LogP contribution in [-0.4, -0.2) is 22.9 Å². The molecular formula is C13H14N2O2S. The lowest BCUT2D eigenvalue weighted by Crippen LogP contribution is -1.94. The lowest BCUT2D eigenvalue weighted by Gasteiger charge is -1.96. The number of aryl methyl sites for hydroxylation is 1. The first kappa shape index (κ1) is 12.6. The van der Waals surface area contributed by atoms with Crippen molar-refractivity contribution < 1.29 is 9.94 Å². The van der Waals surface area contributed by atoms with Gasteiger partial charge in [-0.15, -0.1) is 11.3 Å². The summed E-state index contributed by atoms with van der Waals surface area (Å²) in [6, 6.07) is 7.00. The molecule has 1 aromatic carbocycles. The molecule has 2 rings (SSSR count). The topological polar surface area (TPSA) is 54.7 Å². The zero-order valence-corrected chi connectivity index (χ0v) is 11.3. The number of aromatic nitrogens is 1. The third kappa shape index (κ3) is 2.51. The van der Waals surface area contributed by atoms with Crippen LogP contribution in [-0.2, 0) is 4.84 Å². The van der Waals surface area contributed by atoms with Gasteiger partial charge in [-0.3, -0.25) is 0 Å². The molecule has 0 fully saturated rings. The fourth-order valence-electron chi connectivity index (χ4n) is 1.64. The van der Waals surface area contributed by atoms with Gasteiger partial charge in [0.1, 0.15) is 17.9 Å². The van der Waals surface area contributed by atoms with Gasteiger partial charge in [0.2, 0.25) is 0 Å². The van der Waals surface area contributed by atoms with E-state index in [1.165, 1.54) is 7.11 Å². The van der Waals surface area contributed by atoms with E-state index in [0.717, 1.165) is 26.9 Å². The van der Waals surface area contributed by atoms with Crippen molar-refractivity contribution in [3.63, 3.8) is 0 Å². The number of phenolic OH excluding ortho intramolecular Hbond substituents is 1. The molecule has 0 amide bonds. The molecule has 0 bridgehead atoms. The fraction of sp³-hybridized carbons (Fsp3) is 0.231. The lowest BCUT2D eigenvalue weighted by molar-refractivity contribution is 0.213. The maximum atomic E-state index is 9.27. The van der Waals surface area contributed by atoms with Crippen molar-refractivity contribution in [2.24, 2.45) is 5.16 Å². The molecule has 0 spiro atoms. The van der Waals surface area contributed by atoms with Crippen LogP contribution in [0.15, 0.2) is 29.4 Å². The second-order valence-corrected chi connectivity index (χ2v) is 4.84. The van der Waals surface area contributed by atoms with Gasteiger partial charge in [-0.2, -0.15) is 0 Å². The summed E-state index contributed by atoms with van der Waals surface area (Å²) in [6.07, 6.45) is 0. The SMILES string of the molecule is CON=C(C)c1sc(-c2ccc(O)cc2)nc1C. The number of aromatic hydroxyl groups is 1. The highest BCUT2D eigenvalue weighted by molar-refractivity contribution is 7.17. The molecule has 0 unspecified atom stereocenters. The molecule has 4 nitrogen and oxygen atoms in total. The van der Waals surface area contributed by atoms with Crippen LogP contribution < -0.4 is 0 Å². The highest BCUT2D eigenvalue weighted by Gasteiger charge is 2.12. The molecule has 1 N–H and O–H groups in total. The minimum absolute atomic E-state index is 0.254. The molecule has 0 saturated heterocycles. The van der Waals surface area contributed by atoms with Crippen LogP contribution in [0.25, 0.3) is 10.6 Å². The van der Waals surface area contributed by atoms with E-state index in [2.05, 4.69) is 10.1 Å². The smallest absolute Gasteiger partial charge is 0.124 e. The van der Waals surface area contributed by atoms with Gasteiger partial charge in [0, 0.05) is 5.56 Å². The maximum Gasteiger partial charge on any atom is 0.124 e. The first-order valence-corrected chi connectivity index (χ1v) is 6.28. The summed E-state index contributed by atoms with van der Waals surface area (Å²) in [5, 5.41) is 14.1. The standard InChI is InChI=1S/C13H14N2O2S/c1-8-12(9(2)15-17-3)18-13(14-8)10-4-6-11(16)7-5-10/h4-7,16H,1-3H3. The van der Waals surface area contributed by atoms with Crippen molar-refractivity contribution in [1.29, 1.82) is 0 Å². The average Bonchev–Trinajstić information content (AvgIpc) is 2.72. The summed E-state index contributed by atoms with van der Waals surface area (Å²) in [7, 11) is 1.53. The summed E-state index contributed by atoms with van der Waals surface area (Å²) >= 11 is 1.56. The van der Waals surface area contributed by atoms with Crippen LogP contribution in [0.4, 0.5) is 0 Å². The molecule has 0 aliphatic carbocycles. The fourth-order valence-corrected chi connectivity index (χ4v) is 2.65. The van der Waals surface area contributed by atoms with Gasteiger partial charge in [0.05, 0.1) is 16.3 Å². The van der Waals surface area contributed by atoms with E-state index in [0.29, 0.717) is 0 Å². The molecule has 1 heterocycles. The second kappa shape index (κ2) is 5.18. The van der Waals surface area contributed by atoms with Gasteiger partial charge in [0.25, 0.3) is 0 Å². The minimum atomic E-state index is 0.254. The molecular weight excluding hydrogens is 248 g/mol. The van der Waals surface area contributed by atoms with Crippen molar-refractivity contribution in [2.75, 3.05) is 7.11 Å². The number of hydrogen-bond acceptors (Lipinski definition) is 5. The van der Waals surface area contributed by atoms with Crippen molar-refractivity contribution in [1.82, 2.24) is 4.98 Å². The summed E-state index contributed by atoms with van der Waals surface area (Å²) in [6.45, 7) is 3.84. The third-order valence-electron chi connectivity index (χ3n) is 2.47. The normalized spacial score (nSPS) is 11.6. The van der Waals surface area contributed by atoms with Gasteiger partial charge in [0.15, 0.2) is 0 Å². The van der Waals surface area contributed by atoms with Crippen molar-refractivity contribution in [3.8, 4) is 16.3 Å². The van der Waals surface area contributed by atoms with Crippen molar-refractivity contribution in [2.45, 2.75) is 13.8 Å². The molecule has 2 aromatic rings. The van der Waals surface area contributed by atoms with Crippen molar-refractivity contribution >= 4 is 17.0 Å². The lowest BCUT2D eigenvalue weighted by atomic mass is 10.2. The molecule has 0 saturated carbocycles. The van der Waals surface area contributed by atoms with E-state index in [1.54, 1.807) is 23.5 Å². The van der Waals surface area contributed by atoms with Crippen LogP contribution in [0.5, 0.6) is 5.75 Å². The predicted molar refractivity (Wildman–Crippen MR) is 73.2 cm³/mol. The molecule has 0 atom stereocenters. The van der Waals surface area contributed by atoms with Gasteiger partial charge in [-0.25, -0.2) is 4.98 Å². The summed E-state index contributed by atoms with van der Waals surface area (Å²) in [5.41, 5.74) is 2.73. The van der Waals surface area contributed by atoms with E-state index in [4.69, 9.17) is 4.84 Å². The van der Waals surface area contributed by atoms with Crippen LogP contribution in [0.3, 0.4) is 0 Å². The van der Waals surface area contributed by atoms with E-state index in [1.807, 2.05) is 26.0 Å². The number of nitrogens with zero attached hydrogens (tertiary/aromatic N) is 2. The highest BCUT2D eigenvalue weighted by Crippen LogP contribution is 2.29. The Morgan fingerprint density at radius 2 is 2.00 bits per heavy atom. The number of phenols is 1. The maximum absolute atomic E-state index is 9.27. The number of benzene rings is 1. The Morgan fingerprint density at radius 3 is 2.61 bits per heavy atom. The molecule has 94 valence electrons. The summed E-state index contributed by atoms with van der Waals surface area (Å²) < 4.78 is 0. The summed E-state index contributed by atoms with van der Waals surface area (Å²) in [5.74, 6) is 0.254. The minimum Gasteiger partial charge on any atom is -0.508 e. The van der Waals surface area contributed by atoms with Crippen LogP contribution in [0.2, 0.25) is 0 Å². The van der Waals surface area contributed by atoms with Crippen LogP contribution >= 0.6 is 11.3 Å². The molecule has 18 heavy (non-hydrogen) atoms. The first-order chi connectivity index (χ1) is 8.61. The van der Waals surface area contributed by atoms with E-state index in [9.17, 15) is 5.11 Å². The molecule has 5 heteroatoms. The van der Waals surface area contributed by atoms with Crippen LogP contribution in [0.1, 0.15) is 17.5 Å². The zero-order valence-electron chi connectivity index (χ0n) is 10.5. The quantitative estimate of drug-likeness (QED) is 0.682. The van der Waals surface area contributed by atoms with Gasteiger partial charge >= 0.3 is 0 Å². The first-order valence-electron chi connectivity index (χ1n) is 5.46. The van der Waals surface area contributed by atoms with Gasteiger partial charge < -0.3 is 9.94 Å². The Labute approximate surface area is 110 Å². The van der Waals surface area contributed by atoms with Crippen molar-refractivity contribution in [3.05, 3.63) is 34.8 Å². The zero-order chi connectivity index (χ0) is 13.1. The number of rotatable bonds is 3. The second-order valence-electron chi connectivity index (χ2n) is 3.84. The Morgan fingerprint density at radius 1 is 1.33 bits per heavy atom. The van der Waals surface area contributed by atoms with Gasteiger partial charge in [-0.1, -0.05) is 5.16 Å². The third-order valence-corrected chi connectivity index (χ3v) is 3.78. The molecule has 0 aliphatic rings. The Balaban J connectivity index is 2.40. The van der Waals surface area contributed by atoms with E-state index < -0.39 is 0 Å². The van der Waals surface area contributed by atoms with E-state index in [-0.39, 0.29) is 5.75 Å². The van der Waals surface area contributed by atoms with E-state index >= 15 is 0 Å². The van der Waals surface area contributed by atoms with Gasteiger partial charge in [-0.05, 0) is 38.1 Å². The number of hydrogen-bond donors (Lipinski definition) is 1. The average molecular weight is 262 g/mol. The number of thiazole rings is 1. The summed E-state index contributed by atoms with van der Waals surface area (Å²) in [4.78, 5) is 10.3. The largest absolute Gasteiger partial charge is 0.508 e.